The van der Waals surface area contributed by atoms with Crippen molar-refractivity contribution in [1.29, 1.82) is 0 Å². The molecule has 1 N–H and O–H groups in total. The van der Waals surface area contributed by atoms with Crippen LogP contribution in [-0.4, -0.2) is 24.1 Å². The van der Waals surface area contributed by atoms with Gasteiger partial charge in [0.2, 0.25) is 5.91 Å². The molecule has 4 rings (SSSR count). The number of anilines is 1. The lowest BCUT2D eigenvalue weighted by molar-refractivity contribution is -0.120. The van der Waals surface area contributed by atoms with Gasteiger partial charge in [0, 0.05) is 12.1 Å². The Labute approximate surface area is 171 Å². The number of hydrogen-bond acceptors (Lipinski definition) is 3. The van der Waals surface area contributed by atoms with Crippen molar-refractivity contribution in [3.8, 4) is 0 Å². The molecule has 0 spiro atoms. The number of carbonyl (C=O) groups excluding carboxylic acids is 2. The summed E-state index contributed by atoms with van der Waals surface area (Å²) < 4.78 is 0. The molecule has 2 aliphatic rings. The highest BCUT2D eigenvalue weighted by Crippen LogP contribution is 2.32. The van der Waals surface area contributed by atoms with E-state index in [0.29, 0.717) is 18.2 Å². The van der Waals surface area contributed by atoms with Crippen LogP contribution in [0.15, 0.2) is 59.7 Å². The van der Waals surface area contributed by atoms with Gasteiger partial charge in [-0.25, -0.2) is 5.43 Å². The van der Waals surface area contributed by atoms with Crippen LogP contribution in [0.1, 0.15) is 49.7 Å². The van der Waals surface area contributed by atoms with Crippen LogP contribution >= 0.6 is 0 Å². The molecule has 29 heavy (non-hydrogen) atoms. The summed E-state index contributed by atoms with van der Waals surface area (Å²) in [5.41, 5.74) is 5.50. The summed E-state index contributed by atoms with van der Waals surface area (Å²) in [5.74, 6) is 0.354. The normalized spacial score (nSPS) is 18.1. The molecule has 1 aliphatic heterocycles. The van der Waals surface area contributed by atoms with Crippen molar-refractivity contribution in [3.05, 3.63) is 65.7 Å². The Balaban J connectivity index is 1.45. The molecule has 0 unspecified atom stereocenters. The Morgan fingerprint density at radius 1 is 1.00 bits per heavy atom. The fourth-order valence-electron chi connectivity index (χ4n) is 4.32. The van der Waals surface area contributed by atoms with Crippen LogP contribution in [0.3, 0.4) is 0 Å². The second-order valence-electron chi connectivity index (χ2n) is 7.92. The van der Waals surface area contributed by atoms with Gasteiger partial charge in [0.15, 0.2) is 5.71 Å². The topological polar surface area (TPSA) is 61.8 Å². The van der Waals surface area contributed by atoms with Crippen molar-refractivity contribution in [2.45, 2.75) is 44.9 Å². The molecule has 2 aromatic rings. The molecule has 1 saturated carbocycles. The minimum atomic E-state index is -0.227. The number of carbonyl (C=O) groups is 2. The quantitative estimate of drug-likeness (QED) is 0.757. The lowest BCUT2D eigenvalue weighted by Crippen LogP contribution is -2.33. The van der Waals surface area contributed by atoms with Crippen LogP contribution in [0.4, 0.5) is 5.69 Å². The van der Waals surface area contributed by atoms with E-state index in [9.17, 15) is 9.59 Å². The highest BCUT2D eigenvalue weighted by atomic mass is 16.2. The largest absolute Gasteiger partial charge is 0.306 e. The van der Waals surface area contributed by atoms with E-state index in [0.717, 1.165) is 23.2 Å². The highest BCUT2D eigenvalue weighted by Gasteiger charge is 2.34. The summed E-state index contributed by atoms with van der Waals surface area (Å²) in [5, 5.41) is 4.21. The van der Waals surface area contributed by atoms with E-state index in [1.807, 2.05) is 59.5 Å². The molecule has 2 aromatic carbocycles. The molecule has 5 heteroatoms. The Hall–Kier alpha value is -2.95. The standard InChI is InChI=1S/C24H27N3O2/c28-22(17-19-11-5-2-6-12-19)25-26-23-20-13-7-8-14-21(20)27(24(23)29)16-15-18-9-3-1-4-10-18/h2,5-8,11-14,18H,1,3-4,9-10,15-17H2,(H,25,28). The monoisotopic (exact) mass is 389 g/mol. The predicted molar refractivity (Wildman–Crippen MR) is 115 cm³/mol. The maximum absolute atomic E-state index is 13.0. The first-order chi connectivity index (χ1) is 14.2. The van der Waals surface area contributed by atoms with E-state index in [1.54, 1.807) is 0 Å². The molecule has 2 amide bonds. The first-order valence-electron chi connectivity index (χ1n) is 10.5. The molecule has 0 saturated heterocycles. The van der Waals surface area contributed by atoms with Crippen LogP contribution in [-0.2, 0) is 16.0 Å². The summed E-state index contributed by atoms with van der Waals surface area (Å²) >= 11 is 0. The number of amides is 2. The van der Waals surface area contributed by atoms with E-state index < -0.39 is 0 Å². The molecule has 5 nitrogen and oxygen atoms in total. The van der Waals surface area contributed by atoms with E-state index in [2.05, 4.69) is 10.5 Å². The number of nitrogens with one attached hydrogen (secondary N) is 1. The minimum absolute atomic E-state index is 0.123. The van der Waals surface area contributed by atoms with Gasteiger partial charge in [-0.2, -0.15) is 5.10 Å². The molecule has 0 radical (unpaired) electrons. The first kappa shape index (κ1) is 19.4. The summed E-state index contributed by atoms with van der Waals surface area (Å²) in [6.45, 7) is 0.706. The van der Waals surface area contributed by atoms with Gasteiger partial charge in [0.25, 0.3) is 5.91 Å². The van der Waals surface area contributed by atoms with Crippen molar-refractivity contribution in [1.82, 2.24) is 5.43 Å². The predicted octanol–water partition coefficient (Wildman–Crippen LogP) is 4.07. The number of rotatable bonds is 6. The number of para-hydroxylation sites is 1. The van der Waals surface area contributed by atoms with Crippen LogP contribution in [0.25, 0.3) is 0 Å². The Bertz CT molecular complexity index is 901. The van der Waals surface area contributed by atoms with Gasteiger partial charge in [0.05, 0.1) is 12.1 Å². The maximum Gasteiger partial charge on any atom is 0.279 e. The molecule has 0 bridgehead atoms. The van der Waals surface area contributed by atoms with Crippen LogP contribution in [0.5, 0.6) is 0 Å². The van der Waals surface area contributed by atoms with Gasteiger partial charge in [-0.1, -0.05) is 80.6 Å². The van der Waals surface area contributed by atoms with Gasteiger partial charge in [0.1, 0.15) is 0 Å². The Kier molecular flexibility index (Phi) is 6.03. The summed E-state index contributed by atoms with van der Waals surface area (Å²) in [6, 6.07) is 17.2. The molecule has 1 heterocycles. The van der Waals surface area contributed by atoms with Crippen molar-refractivity contribution < 1.29 is 9.59 Å². The lowest BCUT2D eigenvalue weighted by Gasteiger charge is -2.24. The molecule has 1 fully saturated rings. The number of hydrazone groups is 1. The number of benzene rings is 2. The molecule has 1 aliphatic carbocycles. The van der Waals surface area contributed by atoms with Crippen molar-refractivity contribution in [2.75, 3.05) is 11.4 Å². The third kappa shape index (κ3) is 4.56. The van der Waals surface area contributed by atoms with Crippen LogP contribution in [0, 0.1) is 5.92 Å². The minimum Gasteiger partial charge on any atom is -0.306 e. The van der Waals surface area contributed by atoms with E-state index >= 15 is 0 Å². The summed E-state index contributed by atoms with van der Waals surface area (Å²) in [6.07, 6.45) is 7.72. The maximum atomic E-state index is 13.0. The SMILES string of the molecule is O=C(Cc1ccccc1)NN=C1C(=O)N(CCC2CCCCC2)c2ccccc21. The third-order valence-corrected chi connectivity index (χ3v) is 5.88. The lowest BCUT2D eigenvalue weighted by atomic mass is 9.87. The van der Waals surface area contributed by atoms with Crippen molar-refractivity contribution in [3.63, 3.8) is 0 Å². The smallest absolute Gasteiger partial charge is 0.279 e. The summed E-state index contributed by atoms with van der Waals surface area (Å²) in [7, 11) is 0. The first-order valence-corrected chi connectivity index (χ1v) is 10.5. The van der Waals surface area contributed by atoms with E-state index in [4.69, 9.17) is 0 Å². The fourth-order valence-corrected chi connectivity index (χ4v) is 4.32. The average Bonchev–Trinajstić information content (AvgIpc) is 3.03. The van der Waals surface area contributed by atoms with Crippen molar-refractivity contribution >= 4 is 23.2 Å². The van der Waals surface area contributed by atoms with E-state index in [1.165, 1.54) is 32.1 Å². The van der Waals surface area contributed by atoms with Gasteiger partial charge in [-0.15, -0.1) is 0 Å². The number of hydrogen-bond donors (Lipinski definition) is 1. The summed E-state index contributed by atoms with van der Waals surface area (Å²) in [4.78, 5) is 27.1. The second-order valence-corrected chi connectivity index (χ2v) is 7.92. The fraction of sp³-hybridized carbons (Fsp3) is 0.375. The van der Waals surface area contributed by atoms with Crippen LogP contribution in [0.2, 0.25) is 0 Å². The molecule has 150 valence electrons. The molecular weight excluding hydrogens is 362 g/mol. The Morgan fingerprint density at radius 3 is 2.52 bits per heavy atom. The number of fused-ring (bicyclic) bond motifs is 1. The average molecular weight is 389 g/mol. The van der Waals surface area contributed by atoms with Gasteiger partial charge >= 0.3 is 0 Å². The van der Waals surface area contributed by atoms with Gasteiger partial charge in [-0.05, 0) is 24.0 Å². The van der Waals surface area contributed by atoms with E-state index in [-0.39, 0.29) is 18.2 Å². The zero-order valence-corrected chi connectivity index (χ0v) is 16.6. The molecular formula is C24H27N3O2. The van der Waals surface area contributed by atoms with Crippen LogP contribution < -0.4 is 10.3 Å². The number of nitrogens with zero attached hydrogens (tertiary/aromatic N) is 2. The third-order valence-electron chi connectivity index (χ3n) is 5.88. The zero-order valence-electron chi connectivity index (χ0n) is 16.6. The zero-order chi connectivity index (χ0) is 20.1. The molecule has 0 aromatic heterocycles. The molecule has 0 atom stereocenters. The van der Waals surface area contributed by atoms with Gasteiger partial charge in [-0.3, -0.25) is 9.59 Å². The van der Waals surface area contributed by atoms with Gasteiger partial charge < -0.3 is 4.90 Å². The van der Waals surface area contributed by atoms with Crippen molar-refractivity contribution in [2.24, 2.45) is 11.0 Å². The second kappa shape index (κ2) is 9.03. The highest BCUT2D eigenvalue weighted by molar-refractivity contribution is 6.54. The Morgan fingerprint density at radius 2 is 1.72 bits per heavy atom.